The summed E-state index contributed by atoms with van der Waals surface area (Å²) < 4.78 is 30.4. The molecule has 11 nitrogen and oxygen atoms in total. The first-order valence-electron chi connectivity index (χ1n) is 13.4. The number of carbonyl (C=O) groups excluding carboxylic acids is 1. The van der Waals surface area contributed by atoms with Crippen molar-refractivity contribution in [2.24, 2.45) is 5.92 Å². The molecule has 1 fully saturated rings. The quantitative estimate of drug-likeness (QED) is 0.222. The van der Waals surface area contributed by atoms with Crippen LogP contribution in [0.4, 0.5) is 10.3 Å². The average Bonchev–Trinajstić information content (AvgIpc) is 3.43. The minimum absolute atomic E-state index is 0.102. The third-order valence-electron chi connectivity index (χ3n) is 6.46. The lowest BCUT2D eigenvalue weighted by Crippen LogP contribution is -2.42. The zero-order chi connectivity index (χ0) is 28.4. The van der Waals surface area contributed by atoms with Crippen molar-refractivity contribution >= 4 is 11.9 Å². The molecule has 12 heteroatoms. The van der Waals surface area contributed by atoms with Crippen LogP contribution >= 0.6 is 0 Å². The van der Waals surface area contributed by atoms with Gasteiger partial charge in [0.2, 0.25) is 11.9 Å². The number of anilines is 1. The molecule has 1 aliphatic heterocycles. The largest absolute Gasteiger partial charge is 0.385 e. The number of benzene rings is 1. The van der Waals surface area contributed by atoms with Crippen LogP contribution in [-0.4, -0.2) is 70.6 Å². The fourth-order valence-corrected chi connectivity index (χ4v) is 4.32. The Labute approximate surface area is 236 Å². The van der Waals surface area contributed by atoms with E-state index in [0.717, 1.165) is 17.7 Å². The summed E-state index contributed by atoms with van der Waals surface area (Å²) in [5.74, 6) is 0.215. The number of ether oxygens (including phenoxy) is 3. The van der Waals surface area contributed by atoms with Gasteiger partial charge in [-0.3, -0.25) is 9.78 Å². The van der Waals surface area contributed by atoms with Crippen molar-refractivity contribution < 1.29 is 23.4 Å². The molecule has 3 N–H and O–H groups in total. The highest BCUT2D eigenvalue weighted by Gasteiger charge is 2.29. The van der Waals surface area contributed by atoms with Crippen molar-refractivity contribution in [3.05, 3.63) is 78.3 Å². The number of aromatic nitrogens is 5. The number of hydrogen-bond acceptors (Lipinski definition) is 9. The molecule has 1 saturated heterocycles. The van der Waals surface area contributed by atoms with E-state index in [-0.39, 0.29) is 30.9 Å². The van der Waals surface area contributed by atoms with Crippen molar-refractivity contribution in [2.45, 2.75) is 25.7 Å². The minimum Gasteiger partial charge on any atom is -0.385 e. The third-order valence-corrected chi connectivity index (χ3v) is 6.46. The molecule has 1 aromatic carbocycles. The van der Waals surface area contributed by atoms with E-state index < -0.39 is 6.29 Å². The summed E-state index contributed by atoms with van der Waals surface area (Å²) in [6.07, 6.45) is 3.88. The number of imidazole rings is 1. The number of methoxy groups -OCH3 is 1. The molecular weight excluding hydrogens is 529 g/mol. The maximum Gasteiger partial charge on any atom is 0.227 e. The molecule has 0 aliphatic carbocycles. The van der Waals surface area contributed by atoms with Gasteiger partial charge in [-0.05, 0) is 48.9 Å². The summed E-state index contributed by atoms with van der Waals surface area (Å²) in [6.45, 7) is 2.08. The van der Waals surface area contributed by atoms with Crippen molar-refractivity contribution in [1.29, 1.82) is 0 Å². The highest BCUT2D eigenvalue weighted by molar-refractivity contribution is 5.79. The number of nitrogens with one attached hydrogen (secondary N) is 3. The Bertz CT molecular complexity index is 1410. The van der Waals surface area contributed by atoms with Crippen LogP contribution in [0.15, 0.2) is 60.9 Å². The van der Waals surface area contributed by atoms with Crippen LogP contribution in [0.2, 0.25) is 0 Å². The summed E-state index contributed by atoms with van der Waals surface area (Å²) in [6, 6.07) is 13.6. The number of aromatic amines is 1. The molecule has 0 atom stereocenters. The van der Waals surface area contributed by atoms with Crippen LogP contribution < -0.4 is 10.6 Å². The number of amides is 1. The van der Waals surface area contributed by atoms with E-state index in [1.54, 1.807) is 37.7 Å². The normalized spacial score (nSPS) is 16.8. The predicted molar refractivity (Wildman–Crippen MR) is 149 cm³/mol. The van der Waals surface area contributed by atoms with Gasteiger partial charge in [0.15, 0.2) is 6.29 Å². The Kier molecular flexibility index (Phi) is 9.57. The van der Waals surface area contributed by atoms with Gasteiger partial charge in [-0.2, -0.15) is 0 Å². The van der Waals surface area contributed by atoms with Crippen LogP contribution in [0.3, 0.4) is 0 Å². The first kappa shape index (κ1) is 28.3. The van der Waals surface area contributed by atoms with E-state index in [2.05, 4.69) is 30.6 Å². The minimum atomic E-state index is -0.575. The lowest BCUT2D eigenvalue weighted by Gasteiger charge is -2.28. The maximum absolute atomic E-state index is 13.7. The smallest absolute Gasteiger partial charge is 0.227 e. The van der Waals surface area contributed by atoms with E-state index in [0.29, 0.717) is 55.0 Å². The average molecular weight is 562 g/mol. The van der Waals surface area contributed by atoms with Gasteiger partial charge in [0.1, 0.15) is 11.6 Å². The summed E-state index contributed by atoms with van der Waals surface area (Å²) in [4.78, 5) is 33.9. The summed E-state index contributed by atoms with van der Waals surface area (Å²) in [5.41, 5.74) is 3.45. The van der Waals surface area contributed by atoms with Gasteiger partial charge in [-0.25, -0.2) is 19.3 Å². The second kappa shape index (κ2) is 13.9. The van der Waals surface area contributed by atoms with Crippen molar-refractivity contribution in [3.8, 4) is 22.6 Å². The number of nitrogens with zero attached hydrogens (tertiary/aromatic N) is 4. The van der Waals surface area contributed by atoms with Crippen molar-refractivity contribution in [3.63, 3.8) is 0 Å². The van der Waals surface area contributed by atoms with E-state index in [9.17, 15) is 9.18 Å². The zero-order valence-corrected chi connectivity index (χ0v) is 22.7. The third kappa shape index (κ3) is 7.69. The maximum atomic E-state index is 13.7. The zero-order valence-electron chi connectivity index (χ0n) is 22.7. The number of halogens is 1. The second-order valence-corrected chi connectivity index (χ2v) is 9.49. The van der Waals surface area contributed by atoms with E-state index in [4.69, 9.17) is 19.2 Å². The number of hydrogen-bond donors (Lipinski definition) is 3. The molecular formula is C29H32FN7O4. The van der Waals surface area contributed by atoms with Gasteiger partial charge < -0.3 is 29.8 Å². The SMILES string of the molecule is COCCCNC(=O)C1COC(Cc2nc(-c3ccc(F)cc3)c(-c3ccnc(NCc4ccccn4)n3)[nH]2)OC1. The van der Waals surface area contributed by atoms with E-state index in [1.807, 2.05) is 18.2 Å². The monoisotopic (exact) mass is 561 g/mol. The Morgan fingerprint density at radius 1 is 1.07 bits per heavy atom. The topological polar surface area (TPSA) is 136 Å². The molecule has 1 aliphatic rings. The molecule has 0 radical (unpaired) electrons. The Morgan fingerprint density at radius 3 is 2.66 bits per heavy atom. The molecule has 0 bridgehead atoms. The van der Waals surface area contributed by atoms with Gasteiger partial charge in [0.25, 0.3) is 0 Å². The van der Waals surface area contributed by atoms with Crippen LogP contribution in [0.5, 0.6) is 0 Å². The Balaban J connectivity index is 1.29. The van der Waals surface area contributed by atoms with Gasteiger partial charge >= 0.3 is 0 Å². The number of pyridine rings is 1. The van der Waals surface area contributed by atoms with E-state index in [1.165, 1.54) is 12.1 Å². The first-order chi connectivity index (χ1) is 20.1. The molecule has 0 saturated carbocycles. The Hall–Kier alpha value is -4.26. The van der Waals surface area contributed by atoms with Crippen LogP contribution in [0, 0.1) is 11.7 Å². The van der Waals surface area contributed by atoms with Gasteiger partial charge in [-0.1, -0.05) is 6.07 Å². The summed E-state index contributed by atoms with van der Waals surface area (Å²) >= 11 is 0. The molecule has 0 spiro atoms. The lowest BCUT2D eigenvalue weighted by molar-refractivity contribution is -0.200. The van der Waals surface area contributed by atoms with Gasteiger partial charge in [0.05, 0.1) is 54.9 Å². The predicted octanol–water partition coefficient (Wildman–Crippen LogP) is 3.36. The number of carbonyl (C=O) groups is 1. The first-order valence-corrected chi connectivity index (χ1v) is 13.4. The van der Waals surface area contributed by atoms with Crippen molar-refractivity contribution in [1.82, 2.24) is 30.2 Å². The van der Waals surface area contributed by atoms with Crippen LogP contribution in [-0.2, 0) is 32.0 Å². The molecule has 3 aromatic heterocycles. The molecule has 0 unspecified atom stereocenters. The van der Waals surface area contributed by atoms with Gasteiger partial charge in [-0.15, -0.1) is 0 Å². The van der Waals surface area contributed by atoms with Crippen LogP contribution in [0.25, 0.3) is 22.6 Å². The molecule has 214 valence electrons. The summed E-state index contributed by atoms with van der Waals surface area (Å²) in [5, 5.41) is 6.08. The molecule has 5 rings (SSSR count). The molecule has 4 aromatic rings. The van der Waals surface area contributed by atoms with Crippen molar-refractivity contribution in [2.75, 3.05) is 38.8 Å². The standard InChI is InChI=1S/C29H32FN7O4/c1-39-14-4-12-32-28(38)20-17-40-25(41-18-20)15-24-36-26(19-6-8-21(30)9-7-19)27(37-24)23-10-13-33-29(35-23)34-16-22-5-2-3-11-31-22/h2-3,5-11,13,20,25H,4,12,14-18H2,1H3,(H,32,38)(H,36,37)(H,33,34,35). The highest BCUT2D eigenvalue weighted by atomic mass is 19.1. The second-order valence-electron chi connectivity index (χ2n) is 9.49. The number of H-pyrrole nitrogens is 1. The fourth-order valence-electron chi connectivity index (χ4n) is 4.32. The number of rotatable bonds is 12. The lowest BCUT2D eigenvalue weighted by atomic mass is 10.1. The van der Waals surface area contributed by atoms with Gasteiger partial charge in [0, 0.05) is 38.2 Å². The fraction of sp³-hybridized carbons (Fsp3) is 0.345. The molecule has 41 heavy (non-hydrogen) atoms. The molecule has 4 heterocycles. The molecule has 1 amide bonds. The van der Waals surface area contributed by atoms with Crippen LogP contribution in [0.1, 0.15) is 17.9 Å². The Morgan fingerprint density at radius 2 is 1.90 bits per heavy atom. The van der Waals surface area contributed by atoms with E-state index >= 15 is 0 Å². The highest BCUT2D eigenvalue weighted by Crippen LogP contribution is 2.30. The summed E-state index contributed by atoms with van der Waals surface area (Å²) in [7, 11) is 1.63.